The van der Waals surface area contributed by atoms with Crippen LogP contribution in [0.15, 0.2) is 78.6 Å². The number of H-pyrrole nitrogens is 2. The van der Waals surface area contributed by atoms with E-state index in [1.807, 2.05) is 74.7 Å². The van der Waals surface area contributed by atoms with Gasteiger partial charge in [-0.05, 0) is 133 Å². The van der Waals surface area contributed by atoms with E-state index < -0.39 is 42.4 Å². The van der Waals surface area contributed by atoms with Crippen molar-refractivity contribution < 1.29 is 47.3 Å². The van der Waals surface area contributed by atoms with Crippen LogP contribution in [0.4, 0.5) is 14.0 Å². The fourth-order valence-electron chi connectivity index (χ4n) is 11.6. The SMILES string of the molecule is C#CCCN(Cc1ncc(-c2ccc3c(c2)cc2n3C(c3ccc4c(c3)CCC(C)O4)Oc3cc(-c4cnc([C@@H]5CCCN5C(=O)C(C=C(C)C)NC(=O)OC)[nH]4)cc(F)c3-2)[nH]1)C(=O)C(NC(=O)OC)C1C[C@@H](C)O[C@@H](C)C1. The number of fused-ring (bicyclic) bond motifs is 6. The lowest BCUT2D eigenvalue weighted by Crippen LogP contribution is -2.54. The average Bonchev–Trinajstić information content (AvgIpc) is 4.46. The van der Waals surface area contributed by atoms with Gasteiger partial charge in [-0.15, -0.1) is 12.3 Å². The second-order valence-electron chi connectivity index (χ2n) is 21.1. The number of rotatable bonds is 14. The van der Waals surface area contributed by atoms with E-state index in [1.54, 1.807) is 28.3 Å². The number of halogens is 1. The van der Waals surface area contributed by atoms with Crippen LogP contribution in [0.5, 0.6) is 11.5 Å². The van der Waals surface area contributed by atoms with Crippen molar-refractivity contribution in [2.45, 2.75) is 129 Å². The van der Waals surface area contributed by atoms with Gasteiger partial charge in [-0.1, -0.05) is 17.7 Å². The molecule has 4 aliphatic rings. The first-order valence-electron chi connectivity index (χ1n) is 26.7. The minimum Gasteiger partial charge on any atom is -0.490 e. The van der Waals surface area contributed by atoms with E-state index in [9.17, 15) is 19.2 Å². The first kappa shape index (κ1) is 53.3. The Bertz CT molecular complexity index is 3320. The minimum absolute atomic E-state index is 0.0960. The van der Waals surface area contributed by atoms with Gasteiger partial charge in [-0.2, -0.15) is 0 Å². The lowest BCUT2D eigenvalue weighted by Gasteiger charge is -2.38. The molecule has 2 fully saturated rings. The highest BCUT2D eigenvalue weighted by atomic mass is 19.1. The third kappa shape index (κ3) is 10.9. The molecule has 4 amide bonds. The molecule has 3 aromatic carbocycles. The number of nitrogens with one attached hydrogen (secondary N) is 4. The lowest BCUT2D eigenvalue weighted by molar-refractivity contribution is -0.138. The number of hydrogen-bond acceptors (Lipinski definition) is 11. The van der Waals surface area contributed by atoms with Gasteiger partial charge in [0.25, 0.3) is 0 Å². The molecule has 4 N–H and O–H groups in total. The number of methoxy groups -OCH3 is 2. The van der Waals surface area contributed by atoms with Crippen LogP contribution < -0.4 is 20.1 Å². The van der Waals surface area contributed by atoms with Gasteiger partial charge in [0.1, 0.15) is 41.0 Å². The van der Waals surface area contributed by atoms with Crippen LogP contribution >= 0.6 is 0 Å². The summed E-state index contributed by atoms with van der Waals surface area (Å²) in [4.78, 5) is 72.8. The Morgan fingerprint density at radius 1 is 0.897 bits per heavy atom. The zero-order valence-corrected chi connectivity index (χ0v) is 45.0. The Labute approximate surface area is 452 Å². The van der Waals surface area contributed by atoms with E-state index in [1.165, 1.54) is 20.3 Å². The number of ether oxygens (including phenoxy) is 5. The number of carbonyl (C=O) groups excluding carboxylic acids is 4. The van der Waals surface area contributed by atoms with Crippen molar-refractivity contribution >= 4 is 34.9 Å². The number of alkyl carbamates (subject to hydrolysis) is 2. The molecule has 4 aliphatic heterocycles. The maximum Gasteiger partial charge on any atom is 0.407 e. The second kappa shape index (κ2) is 22.5. The molecule has 0 spiro atoms. The monoisotopic (exact) mass is 1060 g/mol. The molecule has 10 rings (SSSR count). The van der Waals surface area contributed by atoms with Gasteiger partial charge < -0.3 is 58.7 Å². The molecule has 2 saturated heterocycles. The molecule has 0 radical (unpaired) electrons. The number of amides is 4. The van der Waals surface area contributed by atoms with Gasteiger partial charge in [-0.25, -0.2) is 23.9 Å². The third-order valence-electron chi connectivity index (χ3n) is 15.2. The third-order valence-corrected chi connectivity index (χ3v) is 15.2. The maximum atomic E-state index is 17.1. The van der Waals surface area contributed by atoms with E-state index in [-0.39, 0.29) is 49.1 Å². The van der Waals surface area contributed by atoms with Crippen LogP contribution in [0.25, 0.3) is 44.7 Å². The van der Waals surface area contributed by atoms with Crippen molar-refractivity contribution in [3.8, 4) is 57.6 Å². The molecule has 0 bridgehead atoms. The van der Waals surface area contributed by atoms with Gasteiger partial charge >= 0.3 is 12.2 Å². The Morgan fingerprint density at radius 2 is 1.65 bits per heavy atom. The molecule has 6 aromatic rings. The number of imidazole rings is 2. The summed E-state index contributed by atoms with van der Waals surface area (Å²) in [6.45, 7) is 10.5. The number of likely N-dealkylation sites (tertiary alicyclic amines) is 1. The van der Waals surface area contributed by atoms with E-state index in [4.69, 9.17) is 40.1 Å². The molecule has 18 nitrogen and oxygen atoms in total. The molecule has 0 aliphatic carbocycles. The predicted molar refractivity (Wildman–Crippen MR) is 289 cm³/mol. The number of nitrogens with zero attached hydrogens (tertiary/aromatic N) is 5. The molecular formula is C59H66FN9O9. The Balaban J connectivity index is 0.968. The van der Waals surface area contributed by atoms with Crippen molar-refractivity contribution in [2.75, 3.05) is 27.3 Å². The zero-order chi connectivity index (χ0) is 54.9. The summed E-state index contributed by atoms with van der Waals surface area (Å²) in [6.07, 6.45) is 13.1. The first-order chi connectivity index (χ1) is 37.6. The number of aromatic nitrogens is 5. The lowest BCUT2D eigenvalue weighted by atomic mass is 9.85. The summed E-state index contributed by atoms with van der Waals surface area (Å²) in [6, 6.07) is 15.1. The molecule has 408 valence electrons. The topological polar surface area (TPSA) is 207 Å². The Kier molecular flexibility index (Phi) is 15.3. The van der Waals surface area contributed by atoms with Crippen molar-refractivity contribution in [3.63, 3.8) is 0 Å². The Morgan fingerprint density at radius 3 is 2.41 bits per heavy atom. The van der Waals surface area contributed by atoms with Crippen LogP contribution in [-0.2, 0) is 36.8 Å². The number of carbonyl (C=O) groups is 4. The summed E-state index contributed by atoms with van der Waals surface area (Å²) >= 11 is 0. The number of aromatic amines is 2. The molecule has 5 unspecified atom stereocenters. The van der Waals surface area contributed by atoms with Crippen molar-refractivity contribution in [3.05, 3.63) is 107 Å². The number of hydrogen-bond donors (Lipinski definition) is 4. The average molecular weight is 1060 g/mol. The van der Waals surface area contributed by atoms with Gasteiger partial charge in [0.2, 0.25) is 18.0 Å². The predicted octanol–water partition coefficient (Wildman–Crippen LogP) is 9.51. The van der Waals surface area contributed by atoms with E-state index in [0.717, 1.165) is 58.2 Å². The number of aryl methyl sites for hydroxylation is 1. The quantitative estimate of drug-likeness (QED) is 0.0597. The van der Waals surface area contributed by atoms with E-state index in [2.05, 4.69) is 39.5 Å². The number of benzene rings is 3. The number of terminal acetylenes is 1. The summed E-state index contributed by atoms with van der Waals surface area (Å²) in [5.41, 5.74) is 7.05. The summed E-state index contributed by atoms with van der Waals surface area (Å²) in [5.74, 6) is 3.59. The van der Waals surface area contributed by atoms with Crippen molar-refractivity contribution in [1.82, 2.24) is 44.9 Å². The van der Waals surface area contributed by atoms with Gasteiger partial charge in [0, 0.05) is 41.6 Å². The van der Waals surface area contributed by atoms with Crippen LogP contribution in [0.3, 0.4) is 0 Å². The van der Waals surface area contributed by atoms with E-state index in [0.29, 0.717) is 77.8 Å². The highest BCUT2D eigenvalue weighted by Crippen LogP contribution is 2.48. The zero-order valence-electron chi connectivity index (χ0n) is 45.0. The van der Waals surface area contributed by atoms with Crippen LogP contribution in [-0.4, -0.2) is 116 Å². The Hall–Kier alpha value is -8.11. The summed E-state index contributed by atoms with van der Waals surface area (Å²) in [5, 5.41) is 6.27. The summed E-state index contributed by atoms with van der Waals surface area (Å²) < 4.78 is 48.1. The van der Waals surface area contributed by atoms with Crippen molar-refractivity contribution in [1.29, 1.82) is 0 Å². The smallest absolute Gasteiger partial charge is 0.407 e. The molecule has 3 aromatic heterocycles. The van der Waals surface area contributed by atoms with Gasteiger partial charge in [0.05, 0.1) is 85.7 Å². The largest absolute Gasteiger partial charge is 0.490 e. The maximum absolute atomic E-state index is 17.1. The standard InChI is InChI=1S/C59H66FN9O9/c1-9-10-19-67(56(71)53(66-59(73)75-8)41-22-34(5)76-35(6)23-41)31-51-61-29-44(63-51)36-15-17-46-40(24-36)27-48-52-42(60)26-39(28-50(52)78-57(69(46)48)38-16-18-49-37(25-38)14-13-33(4)77-49)45-30-62-54(64-45)47-12-11-20-68(47)55(70)43(21-32(2)3)65-58(72)74-7/h1,15-18,21,24-30,33-35,41,43,47,53,57H,10-14,19-20,22-23,31H2,2-8H3,(H,61,63)(H,62,64)(H,65,72)(H,66,73)/t33?,34-,35+,41?,43?,47-,53?,57?/m0/s1. The van der Waals surface area contributed by atoms with Crippen LogP contribution in [0.1, 0.15) is 108 Å². The normalized spacial score (nSPS) is 21.1. The minimum atomic E-state index is -0.928. The first-order valence-corrected chi connectivity index (χ1v) is 26.7. The van der Waals surface area contributed by atoms with E-state index >= 15 is 4.39 Å². The fraction of sp³-hybridized carbons (Fsp3) is 0.424. The van der Waals surface area contributed by atoms with Crippen LogP contribution in [0, 0.1) is 24.1 Å². The molecule has 78 heavy (non-hydrogen) atoms. The van der Waals surface area contributed by atoms with Crippen LogP contribution in [0.2, 0.25) is 0 Å². The number of allylic oxidation sites excluding steroid dienone is 1. The molecule has 7 heterocycles. The molecule has 0 saturated carbocycles. The second-order valence-corrected chi connectivity index (χ2v) is 21.1. The van der Waals surface area contributed by atoms with Gasteiger partial charge in [-0.3, -0.25) is 9.59 Å². The summed E-state index contributed by atoms with van der Waals surface area (Å²) in [7, 11) is 2.52. The highest BCUT2D eigenvalue weighted by Gasteiger charge is 2.40. The van der Waals surface area contributed by atoms with Crippen molar-refractivity contribution in [2.24, 2.45) is 5.92 Å². The molecule has 8 atom stereocenters. The highest BCUT2D eigenvalue weighted by molar-refractivity contribution is 5.93. The van der Waals surface area contributed by atoms with Gasteiger partial charge in [0.15, 0.2) is 0 Å². The molecular weight excluding hydrogens is 998 g/mol. The molecule has 19 heteroatoms. The fourth-order valence-corrected chi connectivity index (χ4v) is 11.6.